The molecule has 0 aromatic carbocycles. The Hall–Kier alpha value is -0.330. The number of ether oxygens (including phenoxy) is 1. The molecule has 0 atom stereocenters. The van der Waals surface area contributed by atoms with Gasteiger partial charge in [-0.3, -0.25) is 0 Å². The fourth-order valence-electron chi connectivity index (χ4n) is 1.91. The number of nitrogens with zero attached hydrogens (tertiary/aromatic N) is 1. The first kappa shape index (κ1) is 15.7. The summed E-state index contributed by atoms with van der Waals surface area (Å²) in [7, 11) is 0. The molecular weight excluding hydrogens is 247 g/mol. The van der Waals surface area contributed by atoms with Crippen molar-refractivity contribution in [1.82, 2.24) is 4.90 Å². The van der Waals surface area contributed by atoms with E-state index in [1.54, 1.807) is 0 Å². The molecule has 1 heterocycles. The molecule has 0 saturated carbocycles. The number of likely N-dealkylation sites (tertiary alicyclic amines) is 1. The summed E-state index contributed by atoms with van der Waals surface area (Å²) in [5.74, 6) is 0. The van der Waals surface area contributed by atoms with Crippen molar-refractivity contribution in [1.29, 1.82) is 0 Å². The number of hydrogen-bond acceptors (Lipinski definition) is 3. The van der Waals surface area contributed by atoms with E-state index in [0.29, 0.717) is 13.2 Å². The van der Waals surface area contributed by atoms with Gasteiger partial charge < -0.3 is 14.7 Å². The average Bonchev–Trinajstić information content (AvgIpc) is 2.17. The minimum atomic E-state index is -4.53. The summed E-state index contributed by atoms with van der Waals surface area (Å²) in [6, 6.07) is 0. The Kier molecular flexibility index (Phi) is 4.67. The van der Waals surface area contributed by atoms with Crippen LogP contribution in [0.2, 0.25) is 0 Å². The van der Waals surface area contributed by atoms with Gasteiger partial charge in [-0.1, -0.05) is 0 Å². The van der Waals surface area contributed by atoms with E-state index >= 15 is 0 Å². The van der Waals surface area contributed by atoms with Crippen LogP contribution >= 0.6 is 0 Å². The Morgan fingerprint density at radius 3 is 2.06 bits per heavy atom. The topological polar surface area (TPSA) is 32.7 Å². The zero-order valence-corrected chi connectivity index (χ0v) is 11.2. The zero-order chi connectivity index (χ0) is 14.0. The number of alkyl halides is 3. The van der Waals surface area contributed by atoms with Crippen LogP contribution in [0, 0.1) is 0 Å². The van der Waals surface area contributed by atoms with Gasteiger partial charge in [0.05, 0.1) is 12.2 Å². The molecule has 0 amide bonds. The molecule has 0 radical (unpaired) electrons. The maximum Gasteiger partial charge on any atom is 0.417 e. The molecule has 18 heavy (non-hydrogen) atoms. The first-order chi connectivity index (χ1) is 8.04. The molecule has 0 bridgehead atoms. The van der Waals surface area contributed by atoms with Gasteiger partial charge in [-0.15, -0.1) is 0 Å². The van der Waals surface area contributed by atoms with Gasteiger partial charge >= 0.3 is 6.18 Å². The van der Waals surface area contributed by atoms with Gasteiger partial charge in [0.15, 0.2) is 5.60 Å². The third-order valence-electron chi connectivity index (χ3n) is 3.15. The van der Waals surface area contributed by atoms with Gasteiger partial charge in [-0.25, -0.2) is 0 Å². The molecule has 0 aliphatic carbocycles. The van der Waals surface area contributed by atoms with Crippen LogP contribution in [0.1, 0.15) is 33.6 Å². The normalized spacial score (nSPS) is 22.2. The summed E-state index contributed by atoms with van der Waals surface area (Å²) in [6.07, 6.45) is -5.04. The molecule has 3 nitrogen and oxygen atoms in total. The molecule has 0 spiro atoms. The minimum absolute atomic E-state index is 0.234. The predicted octanol–water partition coefficient (Wildman–Crippen LogP) is 2.19. The van der Waals surface area contributed by atoms with E-state index < -0.39 is 11.8 Å². The Bertz CT molecular complexity index is 265. The highest BCUT2D eigenvalue weighted by molar-refractivity contribution is 4.91. The highest BCUT2D eigenvalue weighted by Crippen LogP contribution is 2.38. The Morgan fingerprint density at radius 1 is 1.17 bits per heavy atom. The number of piperidine rings is 1. The fourth-order valence-corrected chi connectivity index (χ4v) is 1.91. The fraction of sp³-hybridized carbons (Fsp3) is 1.00. The summed E-state index contributed by atoms with van der Waals surface area (Å²) < 4.78 is 43.2. The lowest BCUT2D eigenvalue weighted by molar-refractivity contribution is -0.272. The van der Waals surface area contributed by atoms with Gasteiger partial charge in [-0.2, -0.15) is 13.2 Å². The molecule has 1 fully saturated rings. The summed E-state index contributed by atoms with van der Waals surface area (Å²) in [5.41, 5.74) is -2.74. The number of rotatable bonds is 3. The third kappa shape index (κ3) is 4.40. The van der Waals surface area contributed by atoms with Crippen LogP contribution in [0.15, 0.2) is 0 Å². The van der Waals surface area contributed by atoms with Crippen molar-refractivity contribution >= 4 is 0 Å². The summed E-state index contributed by atoms with van der Waals surface area (Å²) in [6.45, 7) is 7.41. The second-order valence-corrected chi connectivity index (χ2v) is 5.83. The maximum absolute atomic E-state index is 12.6. The van der Waals surface area contributed by atoms with E-state index in [1.165, 1.54) is 0 Å². The minimum Gasteiger partial charge on any atom is -0.380 e. The summed E-state index contributed by atoms with van der Waals surface area (Å²) >= 11 is 0. The largest absolute Gasteiger partial charge is 0.417 e. The van der Waals surface area contributed by atoms with Crippen molar-refractivity contribution in [3.05, 3.63) is 0 Å². The quantitative estimate of drug-likeness (QED) is 0.852. The van der Waals surface area contributed by atoms with Crippen molar-refractivity contribution in [2.75, 3.05) is 26.2 Å². The van der Waals surface area contributed by atoms with Gasteiger partial charge in [0.1, 0.15) is 0 Å². The van der Waals surface area contributed by atoms with E-state index in [1.807, 2.05) is 25.7 Å². The Morgan fingerprint density at radius 2 is 1.67 bits per heavy atom. The van der Waals surface area contributed by atoms with Gasteiger partial charge in [-0.05, 0) is 33.6 Å². The molecule has 1 aliphatic heterocycles. The molecule has 6 heteroatoms. The Balaban J connectivity index is 2.32. The van der Waals surface area contributed by atoms with Gasteiger partial charge in [0.2, 0.25) is 0 Å². The smallest absolute Gasteiger partial charge is 0.380 e. The first-order valence-electron chi connectivity index (χ1n) is 6.19. The van der Waals surface area contributed by atoms with Gasteiger partial charge in [0.25, 0.3) is 0 Å². The highest BCUT2D eigenvalue weighted by Gasteiger charge is 2.54. The van der Waals surface area contributed by atoms with Crippen LogP contribution in [0.3, 0.4) is 0 Å². The molecule has 1 aliphatic rings. The Labute approximate surface area is 106 Å². The highest BCUT2D eigenvalue weighted by atomic mass is 19.4. The second kappa shape index (κ2) is 5.35. The van der Waals surface area contributed by atoms with Crippen molar-refractivity contribution < 1.29 is 23.0 Å². The van der Waals surface area contributed by atoms with Gasteiger partial charge in [0, 0.05) is 19.6 Å². The maximum atomic E-state index is 12.6. The zero-order valence-electron chi connectivity index (χ0n) is 11.2. The third-order valence-corrected chi connectivity index (χ3v) is 3.15. The van der Waals surface area contributed by atoms with Crippen molar-refractivity contribution in [3.8, 4) is 0 Å². The van der Waals surface area contributed by atoms with Crippen molar-refractivity contribution in [2.45, 2.75) is 51.0 Å². The standard InChI is InChI=1S/C12H22F3NO2/c1-10(2,3)18-9-8-16-6-4-11(17,5-7-16)12(13,14)15/h17H,4-9H2,1-3H3. The number of hydrogen-bond donors (Lipinski definition) is 1. The molecule has 1 saturated heterocycles. The predicted molar refractivity (Wildman–Crippen MR) is 62.4 cm³/mol. The van der Waals surface area contributed by atoms with Crippen molar-refractivity contribution in [3.63, 3.8) is 0 Å². The number of halogens is 3. The second-order valence-electron chi connectivity index (χ2n) is 5.83. The van der Waals surface area contributed by atoms with E-state index in [-0.39, 0.29) is 31.5 Å². The monoisotopic (exact) mass is 269 g/mol. The number of aliphatic hydroxyl groups is 1. The molecular formula is C12H22F3NO2. The van der Waals surface area contributed by atoms with Crippen LogP contribution < -0.4 is 0 Å². The summed E-state index contributed by atoms with van der Waals surface area (Å²) in [5, 5.41) is 9.50. The first-order valence-corrected chi connectivity index (χ1v) is 6.19. The van der Waals surface area contributed by atoms with Crippen LogP contribution in [0.4, 0.5) is 13.2 Å². The molecule has 0 aromatic rings. The molecule has 1 N–H and O–H groups in total. The molecule has 0 unspecified atom stereocenters. The van der Waals surface area contributed by atoms with Crippen LogP contribution in [-0.4, -0.2) is 53.6 Å². The molecule has 0 aromatic heterocycles. The lowest BCUT2D eigenvalue weighted by Crippen LogP contribution is -2.53. The lowest BCUT2D eigenvalue weighted by Gasteiger charge is -2.39. The van der Waals surface area contributed by atoms with E-state index in [4.69, 9.17) is 4.74 Å². The van der Waals surface area contributed by atoms with E-state index in [2.05, 4.69) is 0 Å². The van der Waals surface area contributed by atoms with Crippen molar-refractivity contribution in [2.24, 2.45) is 0 Å². The molecule has 1 rings (SSSR count). The average molecular weight is 269 g/mol. The molecule has 108 valence electrons. The van der Waals surface area contributed by atoms with Crippen LogP contribution in [-0.2, 0) is 4.74 Å². The summed E-state index contributed by atoms with van der Waals surface area (Å²) in [4.78, 5) is 1.89. The SMILES string of the molecule is CC(C)(C)OCCN1CCC(O)(C(F)(F)F)CC1. The van der Waals surface area contributed by atoms with E-state index in [9.17, 15) is 18.3 Å². The van der Waals surface area contributed by atoms with Crippen LogP contribution in [0.5, 0.6) is 0 Å². The van der Waals surface area contributed by atoms with Crippen LogP contribution in [0.25, 0.3) is 0 Å². The van der Waals surface area contributed by atoms with E-state index in [0.717, 1.165) is 0 Å². The lowest BCUT2D eigenvalue weighted by atomic mass is 9.91.